The summed E-state index contributed by atoms with van der Waals surface area (Å²) in [6.45, 7) is 0. The van der Waals surface area contributed by atoms with Gasteiger partial charge in [0.05, 0.1) is 5.39 Å². The van der Waals surface area contributed by atoms with Crippen molar-refractivity contribution in [1.29, 1.82) is 0 Å². The first-order valence-corrected chi connectivity index (χ1v) is 3.65. The van der Waals surface area contributed by atoms with Gasteiger partial charge in [0.1, 0.15) is 5.52 Å². The normalized spacial score (nSPS) is 12.1. The summed E-state index contributed by atoms with van der Waals surface area (Å²) >= 11 is 0. The van der Waals surface area contributed by atoms with Crippen LogP contribution >= 0.6 is 0 Å². The van der Waals surface area contributed by atoms with Crippen LogP contribution in [0.3, 0.4) is 0 Å². The topological polar surface area (TPSA) is 77.3 Å². The highest BCUT2D eigenvalue weighted by molar-refractivity contribution is 5.80. The van der Waals surface area contributed by atoms with E-state index in [1.165, 1.54) is 0 Å². The standard InChI is InChI=1S/C8H7N3O2/c1-2-3-5-7-6(4-9-5)11-13-8(7)10-12/h1,4,9,11-12H,3H2. The third-order valence-corrected chi connectivity index (χ3v) is 1.80. The van der Waals surface area contributed by atoms with Crippen molar-refractivity contribution in [1.82, 2.24) is 10.1 Å². The van der Waals surface area contributed by atoms with Gasteiger partial charge in [-0.25, -0.2) is 5.16 Å². The van der Waals surface area contributed by atoms with E-state index in [0.29, 0.717) is 11.8 Å². The lowest BCUT2D eigenvalue weighted by atomic mass is 10.2. The average Bonchev–Trinajstić information content (AvgIpc) is 2.68. The maximum Gasteiger partial charge on any atom is 0.292 e. The van der Waals surface area contributed by atoms with E-state index in [1.54, 1.807) is 6.20 Å². The van der Waals surface area contributed by atoms with Gasteiger partial charge in [-0.15, -0.1) is 12.3 Å². The summed E-state index contributed by atoms with van der Waals surface area (Å²) in [6.07, 6.45) is 7.32. The molecule has 0 unspecified atom stereocenters. The van der Waals surface area contributed by atoms with E-state index in [9.17, 15) is 0 Å². The molecule has 2 aromatic rings. The number of hydrogen-bond donors (Lipinski definition) is 3. The number of rotatable bonds is 1. The van der Waals surface area contributed by atoms with Crippen LogP contribution in [0.4, 0.5) is 0 Å². The van der Waals surface area contributed by atoms with Gasteiger partial charge < -0.3 is 14.7 Å². The molecule has 5 nitrogen and oxygen atoms in total. The molecule has 2 rings (SSSR count). The molecule has 66 valence electrons. The third kappa shape index (κ3) is 0.999. The summed E-state index contributed by atoms with van der Waals surface area (Å²) < 4.78 is 4.86. The lowest BCUT2D eigenvalue weighted by Crippen LogP contribution is -1.98. The molecule has 0 aromatic carbocycles. The van der Waals surface area contributed by atoms with E-state index in [-0.39, 0.29) is 5.55 Å². The van der Waals surface area contributed by atoms with Gasteiger partial charge in [-0.1, -0.05) is 0 Å². The summed E-state index contributed by atoms with van der Waals surface area (Å²) in [4.78, 5) is 2.96. The van der Waals surface area contributed by atoms with Crippen LogP contribution in [-0.4, -0.2) is 15.3 Å². The monoisotopic (exact) mass is 177 g/mol. The summed E-state index contributed by atoms with van der Waals surface area (Å²) in [5, 5.41) is 14.9. The molecule has 0 aliphatic rings. The number of fused-ring (bicyclic) bond motifs is 1. The lowest BCUT2D eigenvalue weighted by Gasteiger charge is -1.85. The highest BCUT2D eigenvalue weighted by Gasteiger charge is 2.08. The fourth-order valence-corrected chi connectivity index (χ4v) is 1.26. The number of H-pyrrole nitrogens is 2. The quantitative estimate of drug-likeness (QED) is 0.338. The van der Waals surface area contributed by atoms with Crippen molar-refractivity contribution < 1.29 is 9.73 Å². The maximum absolute atomic E-state index is 8.58. The van der Waals surface area contributed by atoms with E-state index < -0.39 is 0 Å². The first kappa shape index (κ1) is 7.55. The van der Waals surface area contributed by atoms with Gasteiger partial charge in [-0.2, -0.15) is 0 Å². The first-order chi connectivity index (χ1) is 6.36. The molecule has 0 bridgehead atoms. The molecular weight excluding hydrogens is 170 g/mol. The van der Waals surface area contributed by atoms with Gasteiger partial charge in [0.2, 0.25) is 0 Å². The van der Waals surface area contributed by atoms with Crippen molar-refractivity contribution in [3.05, 3.63) is 17.4 Å². The molecule has 0 spiro atoms. The summed E-state index contributed by atoms with van der Waals surface area (Å²) in [5.74, 6) is 2.49. The van der Waals surface area contributed by atoms with Crippen LogP contribution in [0.2, 0.25) is 0 Å². The number of nitrogens with one attached hydrogen (secondary N) is 2. The van der Waals surface area contributed by atoms with Crippen LogP contribution in [0.15, 0.2) is 15.9 Å². The van der Waals surface area contributed by atoms with Crippen LogP contribution in [0, 0.1) is 12.3 Å². The van der Waals surface area contributed by atoms with Crippen molar-refractivity contribution in [3.63, 3.8) is 0 Å². The van der Waals surface area contributed by atoms with E-state index in [4.69, 9.17) is 16.2 Å². The molecule has 0 saturated carbocycles. The van der Waals surface area contributed by atoms with Crippen LogP contribution < -0.4 is 5.55 Å². The fraction of sp³-hybridized carbons (Fsp3) is 0.125. The molecule has 0 radical (unpaired) electrons. The Balaban J connectivity index is 2.78. The number of aromatic amines is 2. The van der Waals surface area contributed by atoms with Gasteiger partial charge in [0.15, 0.2) is 0 Å². The molecular formula is C8H7N3O2. The number of terminal acetylenes is 1. The van der Waals surface area contributed by atoms with E-state index in [1.807, 2.05) is 0 Å². The Bertz CT molecular complexity index is 523. The molecule has 13 heavy (non-hydrogen) atoms. The van der Waals surface area contributed by atoms with Crippen molar-refractivity contribution in [2.45, 2.75) is 6.42 Å². The Labute approximate surface area is 73.0 Å². The molecule has 0 aliphatic heterocycles. The molecule has 2 heterocycles. The largest absolute Gasteiger partial charge is 0.408 e. The van der Waals surface area contributed by atoms with E-state index in [0.717, 1.165) is 11.2 Å². The molecule has 0 fully saturated rings. The van der Waals surface area contributed by atoms with Crippen LogP contribution in [0.1, 0.15) is 5.69 Å². The van der Waals surface area contributed by atoms with Crippen LogP contribution in [0.25, 0.3) is 10.9 Å². The first-order valence-electron chi connectivity index (χ1n) is 3.65. The van der Waals surface area contributed by atoms with Crippen LogP contribution in [-0.2, 0) is 6.42 Å². The van der Waals surface area contributed by atoms with Gasteiger partial charge in [0.25, 0.3) is 5.55 Å². The van der Waals surface area contributed by atoms with Crippen molar-refractivity contribution >= 4 is 10.9 Å². The molecule has 3 N–H and O–H groups in total. The molecule has 2 aromatic heterocycles. The Morgan fingerprint density at radius 3 is 3.23 bits per heavy atom. The van der Waals surface area contributed by atoms with Crippen molar-refractivity contribution in [3.8, 4) is 12.3 Å². The minimum absolute atomic E-state index is 0.140. The lowest BCUT2D eigenvalue weighted by molar-refractivity contribution is 0.259. The van der Waals surface area contributed by atoms with Gasteiger partial charge in [0, 0.05) is 18.3 Å². The Kier molecular flexibility index (Phi) is 1.60. The van der Waals surface area contributed by atoms with Gasteiger partial charge >= 0.3 is 0 Å². The second-order valence-electron chi connectivity index (χ2n) is 2.55. The number of hydrogen-bond acceptors (Lipinski definition) is 3. The zero-order valence-electron chi connectivity index (χ0n) is 6.66. The van der Waals surface area contributed by atoms with E-state index in [2.05, 4.69) is 21.2 Å². The molecule has 0 atom stereocenters. The Morgan fingerprint density at radius 2 is 2.54 bits per heavy atom. The highest BCUT2D eigenvalue weighted by atomic mass is 16.5. The SMILES string of the molecule is C#CCc1[nH]cc2[nH]oc(=NO)c12. The second-order valence-corrected chi connectivity index (χ2v) is 2.55. The van der Waals surface area contributed by atoms with Gasteiger partial charge in [-0.3, -0.25) is 0 Å². The Hall–Kier alpha value is -2.09. The molecule has 0 saturated heterocycles. The third-order valence-electron chi connectivity index (χ3n) is 1.80. The summed E-state index contributed by atoms with van der Waals surface area (Å²) in [7, 11) is 0. The predicted octanol–water partition coefficient (Wildman–Crippen LogP) is 0.555. The number of nitrogens with zero attached hydrogens (tertiary/aromatic N) is 1. The molecule has 0 amide bonds. The second kappa shape index (κ2) is 2.75. The Morgan fingerprint density at radius 1 is 1.69 bits per heavy atom. The summed E-state index contributed by atoms with van der Waals surface area (Å²) in [5.41, 5.74) is 1.68. The van der Waals surface area contributed by atoms with Gasteiger partial charge in [-0.05, 0) is 5.16 Å². The predicted molar refractivity (Wildman–Crippen MR) is 44.8 cm³/mol. The molecule has 0 aliphatic carbocycles. The minimum atomic E-state index is 0.140. The highest BCUT2D eigenvalue weighted by Crippen LogP contribution is 2.12. The van der Waals surface area contributed by atoms with Crippen molar-refractivity contribution in [2.24, 2.45) is 5.16 Å². The average molecular weight is 177 g/mol. The minimum Gasteiger partial charge on any atom is -0.408 e. The fourth-order valence-electron chi connectivity index (χ4n) is 1.26. The zero-order valence-corrected chi connectivity index (χ0v) is 6.66. The summed E-state index contributed by atoms with van der Waals surface area (Å²) in [6, 6.07) is 0. The number of aromatic nitrogens is 2. The van der Waals surface area contributed by atoms with Crippen molar-refractivity contribution in [2.75, 3.05) is 0 Å². The zero-order chi connectivity index (χ0) is 9.26. The van der Waals surface area contributed by atoms with E-state index >= 15 is 0 Å². The van der Waals surface area contributed by atoms with Crippen LogP contribution in [0.5, 0.6) is 0 Å². The smallest absolute Gasteiger partial charge is 0.292 e. The maximum atomic E-state index is 8.58. The molecule has 5 heteroatoms.